The smallest absolute Gasteiger partial charge is 0.0899 e. The first kappa shape index (κ1) is 8.75. The molecule has 0 aromatic rings. The van der Waals surface area contributed by atoms with Gasteiger partial charge in [-0.05, 0) is 13.0 Å². The van der Waals surface area contributed by atoms with Crippen molar-refractivity contribution in [2.24, 2.45) is 5.41 Å². The zero-order valence-electron chi connectivity index (χ0n) is 7.35. The Morgan fingerprint density at radius 1 is 1.55 bits per heavy atom. The summed E-state index contributed by atoms with van der Waals surface area (Å²) in [4.78, 5) is 0. The maximum Gasteiger partial charge on any atom is 0.0899 e. The molecule has 0 saturated carbocycles. The summed E-state index contributed by atoms with van der Waals surface area (Å²) in [6, 6.07) is 0. The molecule has 0 aromatic carbocycles. The number of piperidine rings is 1. The first-order chi connectivity index (χ1) is 5.02. The van der Waals surface area contributed by atoms with Gasteiger partial charge in [0.25, 0.3) is 0 Å². The molecule has 0 spiro atoms. The molecule has 1 heterocycles. The zero-order valence-corrected chi connectivity index (χ0v) is 7.35. The zero-order chi connectivity index (χ0) is 8.54. The van der Waals surface area contributed by atoms with Crippen LogP contribution in [0.25, 0.3) is 0 Å². The Morgan fingerprint density at radius 2 is 2.18 bits per heavy atom. The molecule has 0 bridgehead atoms. The normalized spacial score (nSPS) is 36.6. The van der Waals surface area contributed by atoms with Crippen molar-refractivity contribution in [1.29, 1.82) is 0 Å². The second-order valence-electron chi connectivity index (χ2n) is 3.94. The molecule has 1 saturated heterocycles. The molecular formula is C9H17NO. The predicted molar refractivity (Wildman–Crippen MR) is 46.4 cm³/mol. The van der Waals surface area contributed by atoms with Crippen molar-refractivity contribution in [3.05, 3.63) is 12.7 Å². The fourth-order valence-electron chi connectivity index (χ4n) is 1.55. The van der Waals surface area contributed by atoms with Crippen molar-refractivity contribution in [3.8, 4) is 0 Å². The molecule has 1 rings (SSSR count). The number of rotatable bonds is 1. The van der Waals surface area contributed by atoms with E-state index in [0.717, 1.165) is 19.5 Å². The van der Waals surface area contributed by atoms with Crippen LogP contribution in [0.2, 0.25) is 0 Å². The van der Waals surface area contributed by atoms with Gasteiger partial charge in [0.05, 0.1) is 5.60 Å². The van der Waals surface area contributed by atoms with Crippen LogP contribution in [0.4, 0.5) is 0 Å². The van der Waals surface area contributed by atoms with Crippen LogP contribution in [0.5, 0.6) is 0 Å². The largest absolute Gasteiger partial charge is 0.385 e. The molecule has 2 N–H and O–H groups in total. The van der Waals surface area contributed by atoms with Crippen LogP contribution in [0.15, 0.2) is 12.7 Å². The van der Waals surface area contributed by atoms with E-state index in [-0.39, 0.29) is 5.41 Å². The third-order valence-electron chi connectivity index (χ3n) is 2.76. The molecule has 0 aromatic heterocycles. The third kappa shape index (κ3) is 1.33. The molecule has 1 atom stereocenters. The van der Waals surface area contributed by atoms with Gasteiger partial charge in [-0.1, -0.05) is 19.9 Å². The molecule has 1 unspecified atom stereocenters. The van der Waals surface area contributed by atoms with E-state index in [2.05, 4.69) is 25.7 Å². The summed E-state index contributed by atoms with van der Waals surface area (Å²) in [5.74, 6) is 0. The van der Waals surface area contributed by atoms with Crippen molar-refractivity contribution in [2.45, 2.75) is 25.9 Å². The molecule has 0 amide bonds. The van der Waals surface area contributed by atoms with E-state index in [1.165, 1.54) is 0 Å². The van der Waals surface area contributed by atoms with Crippen LogP contribution in [-0.2, 0) is 0 Å². The fourth-order valence-corrected chi connectivity index (χ4v) is 1.55. The SMILES string of the molecule is C=CC1(O)CCNCC1(C)C. The number of aliphatic hydroxyl groups is 1. The van der Waals surface area contributed by atoms with Crippen LogP contribution < -0.4 is 5.32 Å². The molecule has 1 aliphatic rings. The van der Waals surface area contributed by atoms with E-state index >= 15 is 0 Å². The van der Waals surface area contributed by atoms with Gasteiger partial charge in [-0.25, -0.2) is 0 Å². The quantitative estimate of drug-likeness (QED) is 0.552. The van der Waals surface area contributed by atoms with Crippen molar-refractivity contribution < 1.29 is 5.11 Å². The molecule has 2 nitrogen and oxygen atoms in total. The van der Waals surface area contributed by atoms with E-state index in [9.17, 15) is 5.11 Å². The minimum absolute atomic E-state index is 0.0903. The summed E-state index contributed by atoms with van der Waals surface area (Å²) >= 11 is 0. The highest BCUT2D eigenvalue weighted by atomic mass is 16.3. The molecule has 1 fully saturated rings. The van der Waals surface area contributed by atoms with Crippen LogP contribution in [0, 0.1) is 5.41 Å². The summed E-state index contributed by atoms with van der Waals surface area (Å²) in [5, 5.41) is 13.3. The van der Waals surface area contributed by atoms with Crippen molar-refractivity contribution in [1.82, 2.24) is 5.32 Å². The van der Waals surface area contributed by atoms with Gasteiger partial charge in [0.15, 0.2) is 0 Å². The third-order valence-corrected chi connectivity index (χ3v) is 2.76. The average molecular weight is 155 g/mol. The van der Waals surface area contributed by atoms with Crippen LogP contribution in [-0.4, -0.2) is 23.8 Å². The Hall–Kier alpha value is -0.340. The predicted octanol–water partition coefficient (Wildman–Crippen LogP) is 0.923. The van der Waals surface area contributed by atoms with Crippen LogP contribution >= 0.6 is 0 Å². The van der Waals surface area contributed by atoms with Gasteiger partial charge in [0.1, 0.15) is 0 Å². The number of hydrogen-bond acceptors (Lipinski definition) is 2. The topological polar surface area (TPSA) is 32.3 Å². The second kappa shape index (κ2) is 2.61. The standard InChI is InChI=1S/C9H17NO/c1-4-9(11)5-6-10-7-8(9,2)3/h4,10-11H,1,5-7H2,2-3H3. The van der Waals surface area contributed by atoms with E-state index in [0.29, 0.717) is 0 Å². The minimum Gasteiger partial charge on any atom is -0.385 e. The number of hydrogen-bond donors (Lipinski definition) is 2. The fraction of sp³-hybridized carbons (Fsp3) is 0.778. The molecular weight excluding hydrogens is 138 g/mol. The van der Waals surface area contributed by atoms with Crippen molar-refractivity contribution in [2.75, 3.05) is 13.1 Å². The van der Waals surface area contributed by atoms with E-state index in [1.54, 1.807) is 6.08 Å². The van der Waals surface area contributed by atoms with Gasteiger partial charge in [-0.15, -0.1) is 6.58 Å². The summed E-state index contributed by atoms with van der Waals surface area (Å²) in [6.07, 6.45) is 2.44. The maximum absolute atomic E-state index is 10.0. The van der Waals surface area contributed by atoms with Gasteiger partial charge in [-0.2, -0.15) is 0 Å². The van der Waals surface area contributed by atoms with Gasteiger partial charge >= 0.3 is 0 Å². The minimum atomic E-state index is -0.682. The summed E-state index contributed by atoms with van der Waals surface area (Å²) in [7, 11) is 0. The highest BCUT2D eigenvalue weighted by molar-refractivity contribution is 5.08. The molecule has 0 radical (unpaired) electrons. The van der Waals surface area contributed by atoms with Gasteiger partial charge < -0.3 is 10.4 Å². The Bertz CT molecular complexity index is 165. The molecule has 2 heteroatoms. The van der Waals surface area contributed by atoms with E-state index < -0.39 is 5.60 Å². The molecule has 0 aliphatic carbocycles. The molecule has 11 heavy (non-hydrogen) atoms. The molecule has 64 valence electrons. The molecule has 1 aliphatic heterocycles. The summed E-state index contributed by atoms with van der Waals surface area (Å²) in [5.41, 5.74) is -0.773. The Labute approximate surface area is 68.3 Å². The van der Waals surface area contributed by atoms with E-state index in [4.69, 9.17) is 0 Å². The highest BCUT2D eigenvalue weighted by Gasteiger charge is 2.42. The lowest BCUT2D eigenvalue weighted by molar-refractivity contribution is -0.0464. The highest BCUT2D eigenvalue weighted by Crippen LogP contribution is 2.36. The first-order valence-corrected chi connectivity index (χ1v) is 4.08. The van der Waals surface area contributed by atoms with Crippen molar-refractivity contribution >= 4 is 0 Å². The Morgan fingerprint density at radius 3 is 2.55 bits per heavy atom. The van der Waals surface area contributed by atoms with Crippen molar-refractivity contribution in [3.63, 3.8) is 0 Å². The average Bonchev–Trinajstić information content (AvgIpc) is 1.95. The monoisotopic (exact) mass is 155 g/mol. The van der Waals surface area contributed by atoms with E-state index in [1.807, 2.05) is 0 Å². The Balaban J connectivity index is 2.82. The Kier molecular flexibility index (Phi) is 2.08. The van der Waals surface area contributed by atoms with Gasteiger partial charge in [0.2, 0.25) is 0 Å². The maximum atomic E-state index is 10.0. The van der Waals surface area contributed by atoms with Crippen LogP contribution in [0.1, 0.15) is 20.3 Å². The number of nitrogens with one attached hydrogen (secondary N) is 1. The lowest BCUT2D eigenvalue weighted by atomic mass is 9.71. The summed E-state index contributed by atoms with van der Waals surface area (Å²) < 4.78 is 0. The summed E-state index contributed by atoms with van der Waals surface area (Å²) in [6.45, 7) is 9.52. The lowest BCUT2D eigenvalue weighted by Gasteiger charge is -2.44. The van der Waals surface area contributed by atoms with Crippen LogP contribution in [0.3, 0.4) is 0 Å². The van der Waals surface area contributed by atoms with Gasteiger partial charge in [-0.3, -0.25) is 0 Å². The van der Waals surface area contributed by atoms with Gasteiger partial charge in [0, 0.05) is 12.0 Å². The first-order valence-electron chi connectivity index (χ1n) is 4.08. The second-order valence-corrected chi connectivity index (χ2v) is 3.94. The lowest BCUT2D eigenvalue weighted by Crippen LogP contribution is -2.54.